The molecule has 20 heavy (non-hydrogen) atoms. The molecule has 0 aliphatic heterocycles. The SMILES string of the molecule is CCC(C)(CC)NC(=O)Nc1ccc(C(=O)O)c(F)c1. The molecular formula is C14H19FN2O3. The summed E-state index contributed by atoms with van der Waals surface area (Å²) in [6.45, 7) is 5.84. The normalized spacial score (nSPS) is 11.0. The Balaban J connectivity index is 2.77. The topological polar surface area (TPSA) is 78.4 Å². The monoisotopic (exact) mass is 282 g/mol. The van der Waals surface area contributed by atoms with Crippen LogP contribution in [0.4, 0.5) is 14.9 Å². The van der Waals surface area contributed by atoms with Gasteiger partial charge in [0.1, 0.15) is 5.82 Å². The van der Waals surface area contributed by atoms with Gasteiger partial charge in [-0.2, -0.15) is 0 Å². The van der Waals surface area contributed by atoms with E-state index in [1.54, 1.807) is 0 Å². The van der Waals surface area contributed by atoms with Gasteiger partial charge in [-0.15, -0.1) is 0 Å². The molecular weight excluding hydrogens is 263 g/mol. The fourth-order valence-corrected chi connectivity index (χ4v) is 1.63. The van der Waals surface area contributed by atoms with Crippen molar-refractivity contribution in [3.8, 4) is 0 Å². The van der Waals surface area contributed by atoms with Gasteiger partial charge in [0.2, 0.25) is 0 Å². The molecule has 1 aromatic rings. The minimum atomic E-state index is -1.34. The van der Waals surface area contributed by atoms with Crippen molar-refractivity contribution in [2.24, 2.45) is 0 Å². The van der Waals surface area contributed by atoms with E-state index in [4.69, 9.17) is 5.11 Å². The molecule has 0 bridgehead atoms. The van der Waals surface area contributed by atoms with Gasteiger partial charge in [-0.05, 0) is 38.0 Å². The highest BCUT2D eigenvalue weighted by Crippen LogP contribution is 2.16. The summed E-state index contributed by atoms with van der Waals surface area (Å²) in [4.78, 5) is 22.5. The fraction of sp³-hybridized carbons (Fsp3) is 0.429. The molecule has 5 nitrogen and oxygen atoms in total. The van der Waals surface area contributed by atoms with Crippen molar-refractivity contribution in [3.63, 3.8) is 0 Å². The number of hydrogen-bond acceptors (Lipinski definition) is 2. The van der Waals surface area contributed by atoms with Crippen LogP contribution in [0.3, 0.4) is 0 Å². The van der Waals surface area contributed by atoms with Gasteiger partial charge < -0.3 is 15.7 Å². The first-order valence-electron chi connectivity index (χ1n) is 6.43. The summed E-state index contributed by atoms with van der Waals surface area (Å²) in [5.41, 5.74) is -0.550. The average Bonchev–Trinajstić information content (AvgIpc) is 2.38. The second-order valence-corrected chi connectivity index (χ2v) is 4.85. The Hall–Kier alpha value is -2.11. The van der Waals surface area contributed by atoms with E-state index in [0.29, 0.717) is 0 Å². The Morgan fingerprint density at radius 1 is 1.30 bits per heavy atom. The smallest absolute Gasteiger partial charge is 0.338 e. The lowest BCUT2D eigenvalue weighted by Crippen LogP contribution is -2.46. The molecule has 0 aliphatic rings. The third-order valence-corrected chi connectivity index (χ3v) is 3.43. The quantitative estimate of drug-likeness (QED) is 0.775. The number of anilines is 1. The molecule has 2 amide bonds. The predicted octanol–water partition coefficient (Wildman–Crippen LogP) is 3.22. The van der Waals surface area contributed by atoms with Crippen LogP contribution in [0, 0.1) is 5.82 Å². The number of carbonyl (C=O) groups excluding carboxylic acids is 1. The van der Waals surface area contributed by atoms with Crippen LogP contribution in [0.2, 0.25) is 0 Å². The second kappa shape index (κ2) is 6.36. The third-order valence-electron chi connectivity index (χ3n) is 3.43. The van der Waals surface area contributed by atoms with Crippen molar-refractivity contribution < 1.29 is 19.1 Å². The molecule has 0 heterocycles. The second-order valence-electron chi connectivity index (χ2n) is 4.85. The van der Waals surface area contributed by atoms with Crippen molar-refractivity contribution in [2.75, 3.05) is 5.32 Å². The van der Waals surface area contributed by atoms with Gasteiger partial charge in [-0.3, -0.25) is 0 Å². The van der Waals surface area contributed by atoms with Crippen molar-refractivity contribution in [3.05, 3.63) is 29.6 Å². The first kappa shape index (κ1) is 15.9. The lowest BCUT2D eigenvalue weighted by atomic mass is 9.96. The number of benzene rings is 1. The Labute approximate surface area is 117 Å². The van der Waals surface area contributed by atoms with Crippen LogP contribution in [0.5, 0.6) is 0 Å². The van der Waals surface area contributed by atoms with Crippen LogP contribution in [-0.2, 0) is 0 Å². The summed E-state index contributed by atoms with van der Waals surface area (Å²) in [7, 11) is 0. The predicted molar refractivity (Wildman–Crippen MR) is 74.5 cm³/mol. The number of carbonyl (C=O) groups is 2. The molecule has 6 heteroatoms. The Morgan fingerprint density at radius 2 is 1.90 bits per heavy atom. The molecule has 110 valence electrons. The molecule has 0 aliphatic carbocycles. The maximum Gasteiger partial charge on any atom is 0.338 e. The number of halogens is 1. The van der Waals surface area contributed by atoms with E-state index in [9.17, 15) is 14.0 Å². The lowest BCUT2D eigenvalue weighted by Gasteiger charge is -2.28. The van der Waals surface area contributed by atoms with Crippen molar-refractivity contribution in [1.29, 1.82) is 0 Å². The van der Waals surface area contributed by atoms with E-state index in [2.05, 4.69) is 10.6 Å². The Morgan fingerprint density at radius 3 is 2.35 bits per heavy atom. The van der Waals surface area contributed by atoms with E-state index >= 15 is 0 Å². The number of carboxylic acids is 1. The average molecular weight is 282 g/mol. The summed E-state index contributed by atoms with van der Waals surface area (Å²) in [6.07, 6.45) is 1.53. The van der Waals surface area contributed by atoms with Crippen molar-refractivity contribution in [2.45, 2.75) is 39.2 Å². The van der Waals surface area contributed by atoms with Gasteiger partial charge in [-0.1, -0.05) is 13.8 Å². The molecule has 0 aromatic heterocycles. The van der Waals surface area contributed by atoms with Gasteiger partial charge in [-0.25, -0.2) is 14.0 Å². The highest BCUT2D eigenvalue weighted by molar-refractivity contribution is 5.92. The Bertz CT molecular complexity index is 513. The number of rotatable bonds is 5. The third kappa shape index (κ3) is 3.94. The maximum atomic E-state index is 13.5. The van der Waals surface area contributed by atoms with Crippen LogP contribution >= 0.6 is 0 Å². The fourth-order valence-electron chi connectivity index (χ4n) is 1.63. The van der Waals surface area contributed by atoms with Crippen LogP contribution in [0.1, 0.15) is 44.0 Å². The first-order chi connectivity index (χ1) is 9.31. The molecule has 0 saturated carbocycles. The molecule has 0 atom stereocenters. The zero-order valence-corrected chi connectivity index (χ0v) is 11.8. The summed E-state index contributed by atoms with van der Waals surface area (Å²) >= 11 is 0. The van der Waals surface area contributed by atoms with Crippen molar-refractivity contribution in [1.82, 2.24) is 5.32 Å². The van der Waals surface area contributed by atoms with Crippen LogP contribution in [-0.4, -0.2) is 22.6 Å². The molecule has 1 aromatic carbocycles. The van der Waals surface area contributed by atoms with E-state index in [1.165, 1.54) is 6.07 Å². The van der Waals surface area contributed by atoms with Crippen molar-refractivity contribution >= 4 is 17.7 Å². The van der Waals surface area contributed by atoms with Crippen LogP contribution < -0.4 is 10.6 Å². The minimum Gasteiger partial charge on any atom is -0.478 e. The summed E-state index contributed by atoms with van der Waals surface area (Å²) in [6, 6.07) is 3.00. The summed E-state index contributed by atoms with van der Waals surface area (Å²) in [5, 5.41) is 14.0. The van der Waals surface area contributed by atoms with E-state index in [0.717, 1.165) is 25.0 Å². The van der Waals surface area contributed by atoms with E-state index < -0.39 is 23.4 Å². The number of urea groups is 1. The number of carboxylic acid groups (broad SMARTS) is 1. The van der Waals surface area contributed by atoms with Gasteiger partial charge in [0, 0.05) is 11.2 Å². The van der Waals surface area contributed by atoms with Gasteiger partial charge in [0.15, 0.2) is 0 Å². The standard InChI is InChI=1S/C14H19FN2O3/c1-4-14(3,5-2)17-13(20)16-9-6-7-10(12(18)19)11(15)8-9/h6-8H,4-5H2,1-3H3,(H,18,19)(H2,16,17,20). The molecule has 0 unspecified atom stereocenters. The molecule has 0 saturated heterocycles. The molecule has 0 spiro atoms. The van der Waals surface area contributed by atoms with Gasteiger partial charge in [0.25, 0.3) is 0 Å². The van der Waals surface area contributed by atoms with E-state index in [1.807, 2.05) is 20.8 Å². The zero-order chi connectivity index (χ0) is 15.3. The van der Waals surface area contributed by atoms with E-state index in [-0.39, 0.29) is 11.2 Å². The lowest BCUT2D eigenvalue weighted by molar-refractivity contribution is 0.0692. The summed E-state index contributed by atoms with van der Waals surface area (Å²) < 4.78 is 13.5. The first-order valence-corrected chi connectivity index (χ1v) is 6.43. The molecule has 0 radical (unpaired) electrons. The van der Waals surface area contributed by atoms with Crippen LogP contribution in [0.15, 0.2) is 18.2 Å². The molecule has 1 rings (SSSR count). The molecule has 0 fully saturated rings. The van der Waals surface area contributed by atoms with Crippen LogP contribution in [0.25, 0.3) is 0 Å². The minimum absolute atomic E-state index is 0.208. The Kier molecular flexibility index (Phi) is 5.07. The largest absolute Gasteiger partial charge is 0.478 e. The van der Waals surface area contributed by atoms with Gasteiger partial charge >= 0.3 is 12.0 Å². The van der Waals surface area contributed by atoms with Gasteiger partial charge in [0.05, 0.1) is 5.56 Å². The number of amides is 2. The maximum absolute atomic E-state index is 13.5. The zero-order valence-electron chi connectivity index (χ0n) is 11.8. The molecule has 3 N–H and O–H groups in total. The number of aromatic carboxylic acids is 1. The summed E-state index contributed by atoms with van der Waals surface area (Å²) in [5.74, 6) is -2.23. The highest BCUT2D eigenvalue weighted by atomic mass is 19.1. The highest BCUT2D eigenvalue weighted by Gasteiger charge is 2.22. The number of nitrogens with one attached hydrogen (secondary N) is 2. The number of hydrogen-bond donors (Lipinski definition) is 3.